The number of anilines is 1. The SMILES string of the molecule is COc1cccnc1NS(=O)(=O)c1ccc(C)c(C)c1. The monoisotopic (exact) mass is 292 g/mol. The number of sulfonamides is 1. The smallest absolute Gasteiger partial charge is 0.263 e. The molecule has 0 fully saturated rings. The van der Waals surface area contributed by atoms with E-state index in [2.05, 4.69) is 9.71 Å². The van der Waals surface area contributed by atoms with Crippen LogP contribution in [0.4, 0.5) is 5.82 Å². The topological polar surface area (TPSA) is 68.3 Å². The average molecular weight is 292 g/mol. The summed E-state index contributed by atoms with van der Waals surface area (Å²) in [5.74, 6) is 0.549. The highest BCUT2D eigenvalue weighted by molar-refractivity contribution is 7.92. The highest BCUT2D eigenvalue weighted by Crippen LogP contribution is 2.24. The third-order valence-corrected chi connectivity index (χ3v) is 4.35. The number of pyridine rings is 1. The van der Waals surface area contributed by atoms with E-state index in [0.717, 1.165) is 11.1 Å². The molecule has 0 spiro atoms. The normalized spacial score (nSPS) is 11.2. The summed E-state index contributed by atoms with van der Waals surface area (Å²) >= 11 is 0. The van der Waals surface area contributed by atoms with Gasteiger partial charge in [0.25, 0.3) is 10.0 Å². The second-order valence-electron chi connectivity index (χ2n) is 4.41. The van der Waals surface area contributed by atoms with Gasteiger partial charge in [-0.15, -0.1) is 0 Å². The van der Waals surface area contributed by atoms with Gasteiger partial charge in [0.15, 0.2) is 11.6 Å². The van der Waals surface area contributed by atoms with Crippen LogP contribution in [0.15, 0.2) is 41.4 Å². The van der Waals surface area contributed by atoms with Gasteiger partial charge in [-0.05, 0) is 49.2 Å². The Kier molecular flexibility index (Phi) is 3.94. The standard InChI is InChI=1S/C14H16N2O3S/c1-10-6-7-12(9-11(10)2)20(17,18)16-14-13(19-3)5-4-8-15-14/h4-9H,1-3H3,(H,15,16). The average Bonchev–Trinajstić information content (AvgIpc) is 2.42. The van der Waals surface area contributed by atoms with Crippen LogP contribution in [-0.2, 0) is 10.0 Å². The molecule has 20 heavy (non-hydrogen) atoms. The maximum absolute atomic E-state index is 12.3. The molecular weight excluding hydrogens is 276 g/mol. The van der Waals surface area contributed by atoms with Crippen molar-refractivity contribution in [3.8, 4) is 5.75 Å². The fraction of sp³-hybridized carbons (Fsp3) is 0.214. The van der Waals surface area contributed by atoms with E-state index in [1.54, 1.807) is 30.3 Å². The minimum absolute atomic E-state index is 0.174. The molecule has 106 valence electrons. The van der Waals surface area contributed by atoms with Crippen LogP contribution < -0.4 is 9.46 Å². The molecule has 0 saturated carbocycles. The van der Waals surface area contributed by atoms with Crippen LogP contribution in [0.1, 0.15) is 11.1 Å². The number of ether oxygens (including phenoxy) is 1. The van der Waals surface area contributed by atoms with E-state index < -0.39 is 10.0 Å². The van der Waals surface area contributed by atoms with Gasteiger partial charge >= 0.3 is 0 Å². The van der Waals surface area contributed by atoms with Gasteiger partial charge in [0.2, 0.25) is 0 Å². The number of aromatic nitrogens is 1. The summed E-state index contributed by atoms with van der Waals surface area (Å²) in [7, 11) is -2.21. The number of rotatable bonds is 4. The molecule has 0 bridgehead atoms. The Labute approximate surface area is 118 Å². The van der Waals surface area contributed by atoms with E-state index in [4.69, 9.17) is 4.74 Å². The Morgan fingerprint density at radius 2 is 1.90 bits per heavy atom. The van der Waals surface area contributed by atoms with Crippen molar-refractivity contribution in [3.63, 3.8) is 0 Å². The summed E-state index contributed by atoms with van der Waals surface area (Å²) in [4.78, 5) is 4.19. The first-order chi connectivity index (χ1) is 9.44. The summed E-state index contributed by atoms with van der Waals surface area (Å²) in [6.45, 7) is 3.80. The maximum Gasteiger partial charge on any atom is 0.263 e. The largest absolute Gasteiger partial charge is 0.493 e. The predicted molar refractivity (Wildman–Crippen MR) is 77.5 cm³/mol. The molecule has 2 rings (SSSR count). The highest BCUT2D eigenvalue weighted by atomic mass is 32.2. The van der Waals surface area contributed by atoms with Gasteiger partial charge in [0.05, 0.1) is 12.0 Å². The lowest BCUT2D eigenvalue weighted by molar-refractivity contribution is 0.415. The zero-order valence-corrected chi connectivity index (χ0v) is 12.4. The molecule has 0 atom stereocenters. The summed E-state index contributed by atoms with van der Waals surface area (Å²) < 4.78 is 32.2. The Balaban J connectivity index is 2.38. The zero-order chi connectivity index (χ0) is 14.8. The molecule has 5 nitrogen and oxygen atoms in total. The molecule has 6 heteroatoms. The number of nitrogens with zero attached hydrogens (tertiary/aromatic N) is 1. The van der Waals surface area contributed by atoms with Gasteiger partial charge in [-0.2, -0.15) is 0 Å². The molecule has 0 aliphatic rings. The number of hydrogen-bond donors (Lipinski definition) is 1. The Hall–Kier alpha value is -2.08. The zero-order valence-electron chi connectivity index (χ0n) is 11.5. The van der Waals surface area contributed by atoms with E-state index >= 15 is 0 Å². The number of benzene rings is 1. The second-order valence-corrected chi connectivity index (χ2v) is 6.09. The summed E-state index contributed by atoms with van der Waals surface area (Å²) in [5, 5.41) is 0. The Morgan fingerprint density at radius 1 is 1.15 bits per heavy atom. The fourth-order valence-electron chi connectivity index (χ4n) is 1.70. The molecule has 1 heterocycles. The van der Waals surface area contributed by atoms with Crippen molar-refractivity contribution in [2.75, 3.05) is 11.8 Å². The molecular formula is C14H16N2O3S. The fourth-order valence-corrected chi connectivity index (χ4v) is 2.80. The van der Waals surface area contributed by atoms with E-state index in [1.807, 2.05) is 13.8 Å². The highest BCUT2D eigenvalue weighted by Gasteiger charge is 2.17. The lowest BCUT2D eigenvalue weighted by atomic mass is 10.1. The first-order valence-electron chi connectivity index (χ1n) is 6.03. The van der Waals surface area contributed by atoms with Crippen molar-refractivity contribution < 1.29 is 13.2 Å². The van der Waals surface area contributed by atoms with E-state index in [-0.39, 0.29) is 10.7 Å². The summed E-state index contributed by atoms with van der Waals surface area (Å²) in [6, 6.07) is 8.30. The molecule has 0 aliphatic heterocycles. The third-order valence-electron chi connectivity index (χ3n) is 3.01. The van der Waals surface area contributed by atoms with Crippen molar-refractivity contribution in [3.05, 3.63) is 47.7 Å². The summed E-state index contributed by atoms with van der Waals surface area (Å²) in [6.07, 6.45) is 1.50. The van der Waals surface area contributed by atoms with Crippen LogP contribution in [0.25, 0.3) is 0 Å². The predicted octanol–water partition coefficient (Wildman–Crippen LogP) is 2.51. The van der Waals surface area contributed by atoms with Gasteiger partial charge < -0.3 is 4.74 Å². The van der Waals surface area contributed by atoms with Crippen LogP contribution in [0.2, 0.25) is 0 Å². The number of methoxy groups -OCH3 is 1. The molecule has 0 amide bonds. The number of nitrogens with one attached hydrogen (secondary N) is 1. The molecule has 0 unspecified atom stereocenters. The van der Waals surface area contributed by atoms with Crippen molar-refractivity contribution in [1.29, 1.82) is 0 Å². The van der Waals surface area contributed by atoms with E-state index in [9.17, 15) is 8.42 Å². The lowest BCUT2D eigenvalue weighted by Gasteiger charge is -2.11. The third kappa shape index (κ3) is 2.91. The van der Waals surface area contributed by atoms with E-state index in [0.29, 0.717) is 5.75 Å². The number of aryl methyl sites for hydroxylation is 2. The van der Waals surface area contributed by atoms with Gasteiger partial charge in [-0.25, -0.2) is 13.4 Å². The first kappa shape index (κ1) is 14.3. The molecule has 1 N–H and O–H groups in total. The summed E-state index contributed by atoms with van der Waals surface area (Å²) in [5.41, 5.74) is 1.96. The van der Waals surface area contributed by atoms with Gasteiger partial charge in [0, 0.05) is 6.20 Å². The first-order valence-corrected chi connectivity index (χ1v) is 7.51. The molecule has 2 aromatic rings. The van der Waals surface area contributed by atoms with Crippen molar-refractivity contribution in [2.45, 2.75) is 18.7 Å². The Bertz CT molecular complexity index is 727. The van der Waals surface area contributed by atoms with Crippen LogP contribution in [0.5, 0.6) is 5.75 Å². The van der Waals surface area contributed by atoms with Crippen molar-refractivity contribution >= 4 is 15.8 Å². The van der Waals surface area contributed by atoms with Crippen molar-refractivity contribution in [2.24, 2.45) is 0 Å². The molecule has 0 saturated heterocycles. The van der Waals surface area contributed by atoms with Gasteiger partial charge in [0.1, 0.15) is 0 Å². The maximum atomic E-state index is 12.3. The second kappa shape index (κ2) is 5.50. The minimum Gasteiger partial charge on any atom is -0.493 e. The van der Waals surface area contributed by atoms with Crippen LogP contribution in [-0.4, -0.2) is 20.5 Å². The van der Waals surface area contributed by atoms with Crippen LogP contribution in [0.3, 0.4) is 0 Å². The van der Waals surface area contributed by atoms with Gasteiger partial charge in [-0.1, -0.05) is 6.07 Å². The van der Waals surface area contributed by atoms with E-state index in [1.165, 1.54) is 13.3 Å². The minimum atomic E-state index is -3.68. The Morgan fingerprint density at radius 3 is 2.55 bits per heavy atom. The molecule has 0 aliphatic carbocycles. The van der Waals surface area contributed by atoms with Crippen LogP contribution >= 0.6 is 0 Å². The van der Waals surface area contributed by atoms with Crippen molar-refractivity contribution in [1.82, 2.24) is 4.98 Å². The lowest BCUT2D eigenvalue weighted by Crippen LogP contribution is -2.14. The molecule has 1 aromatic heterocycles. The molecule has 0 radical (unpaired) electrons. The number of hydrogen-bond acceptors (Lipinski definition) is 4. The quantitative estimate of drug-likeness (QED) is 0.940. The molecule has 1 aromatic carbocycles. The van der Waals surface area contributed by atoms with Gasteiger partial charge in [-0.3, -0.25) is 4.72 Å². The van der Waals surface area contributed by atoms with Crippen LogP contribution in [0, 0.1) is 13.8 Å².